The average Bonchev–Trinajstić information content (AvgIpc) is 2.82. The van der Waals surface area contributed by atoms with Crippen LogP contribution in [0.5, 0.6) is 0 Å². The van der Waals surface area contributed by atoms with Crippen molar-refractivity contribution < 1.29 is 14.6 Å². The highest BCUT2D eigenvalue weighted by molar-refractivity contribution is 5.80. The number of hydrogen-bond donors (Lipinski definition) is 2. The molecule has 0 aliphatic rings. The Labute approximate surface area is 101 Å². The van der Waals surface area contributed by atoms with Crippen molar-refractivity contribution in [3.63, 3.8) is 0 Å². The molecule has 6 nitrogen and oxygen atoms in total. The molecule has 1 aromatic rings. The van der Waals surface area contributed by atoms with Crippen molar-refractivity contribution in [1.29, 1.82) is 0 Å². The van der Waals surface area contributed by atoms with E-state index in [0.717, 1.165) is 0 Å². The zero-order valence-electron chi connectivity index (χ0n) is 10.2. The number of methoxy groups -OCH3 is 1. The first-order chi connectivity index (χ1) is 8.19. The maximum atomic E-state index is 11.9. The van der Waals surface area contributed by atoms with E-state index < -0.39 is 0 Å². The van der Waals surface area contributed by atoms with Crippen LogP contribution >= 0.6 is 0 Å². The summed E-state index contributed by atoms with van der Waals surface area (Å²) < 4.78 is 6.56. The molecule has 2 N–H and O–H groups in total. The lowest BCUT2D eigenvalue weighted by Gasteiger charge is -2.19. The summed E-state index contributed by atoms with van der Waals surface area (Å²) in [6.45, 7) is 2.17. The van der Waals surface area contributed by atoms with Crippen molar-refractivity contribution >= 4 is 5.91 Å². The van der Waals surface area contributed by atoms with Gasteiger partial charge in [0.2, 0.25) is 5.91 Å². The summed E-state index contributed by atoms with van der Waals surface area (Å²) >= 11 is 0. The quantitative estimate of drug-likeness (QED) is 0.702. The van der Waals surface area contributed by atoms with Crippen LogP contribution in [-0.4, -0.2) is 47.2 Å². The van der Waals surface area contributed by atoms with Crippen molar-refractivity contribution in [1.82, 2.24) is 15.1 Å². The van der Waals surface area contributed by atoms with E-state index in [9.17, 15) is 4.79 Å². The molecule has 2 atom stereocenters. The molecule has 17 heavy (non-hydrogen) atoms. The second-order valence-electron chi connectivity index (χ2n) is 3.84. The summed E-state index contributed by atoms with van der Waals surface area (Å²) in [7, 11) is 1.56. The van der Waals surface area contributed by atoms with Crippen LogP contribution in [0, 0.1) is 0 Å². The van der Waals surface area contributed by atoms with Gasteiger partial charge >= 0.3 is 0 Å². The van der Waals surface area contributed by atoms with Crippen LogP contribution in [0.25, 0.3) is 0 Å². The maximum absolute atomic E-state index is 11.9. The Morgan fingerprint density at radius 1 is 1.65 bits per heavy atom. The minimum Gasteiger partial charge on any atom is -0.396 e. The Balaban J connectivity index is 2.51. The molecule has 6 heteroatoms. The lowest BCUT2D eigenvalue weighted by Crippen LogP contribution is -2.42. The number of rotatable bonds is 7. The SMILES string of the molecule is COCC(CCO)NC(=O)C(C)n1cccn1. The standard InChI is InChI=1S/C11H19N3O3/c1-9(14-6-3-5-12-14)11(16)13-10(4-7-15)8-17-2/h3,5-6,9-10,15H,4,7-8H2,1-2H3,(H,13,16). The number of carbonyl (C=O) groups excluding carboxylic acids is 1. The summed E-state index contributed by atoms with van der Waals surface area (Å²) in [6.07, 6.45) is 3.84. The summed E-state index contributed by atoms with van der Waals surface area (Å²) in [5.41, 5.74) is 0. The topological polar surface area (TPSA) is 76.4 Å². The van der Waals surface area contributed by atoms with Crippen molar-refractivity contribution in [2.75, 3.05) is 20.3 Å². The second-order valence-corrected chi connectivity index (χ2v) is 3.84. The molecule has 0 bridgehead atoms. The lowest BCUT2D eigenvalue weighted by atomic mass is 10.2. The van der Waals surface area contributed by atoms with Crippen LogP contribution in [0.3, 0.4) is 0 Å². The molecular formula is C11H19N3O3. The average molecular weight is 241 g/mol. The van der Waals surface area contributed by atoms with E-state index in [1.807, 2.05) is 0 Å². The molecule has 0 fully saturated rings. The lowest BCUT2D eigenvalue weighted by molar-refractivity contribution is -0.125. The smallest absolute Gasteiger partial charge is 0.244 e. The number of carbonyl (C=O) groups is 1. The van der Waals surface area contributed by atoms with E-state index in [0.29, 0.717) is 13.0 Å². The van der Waals surface area contributed by atoms with E-state index in [1.54, 1.807) is 37.2 Å². The van der Waals surface area contributed by atoms with Gasteiger partial charge in [-0.15, -0.1) is 0 Å². The molecule has 1 rings (SSSR count). The normalized spacial score (nSPS) is 14.3. The van der Waals surface area contributed by atoms with Gasteiger partial charge in [0, 0.05) is 26.1 Å². The van der Waals surface area contributed by atoms with Gasteiger partial charge in [0.25, 0.3) is 0 Å². The van der Waals surface area contributed by atoms with Crippen LogP contribution in [-0.2, 0) is 9.53 Å². The molecule has 0 saturated carbocycles. The summed E-state index contributed by atoms with van der Waals surface area (Å²) in [5, 5.41) is 15.7. The molecule has 0 spiro atoms. The first kappa shape index (κ1) is 13.7. The molecule has 96 valence electrons. The van der Waals surface area contributed by atoms with Gasteiger partial charge in [0.1, 0.15) is 6.04 Å². The fourth-order valence-corrected chi connectivity index (χ4v) is 1.51. The third kappa shape index (κ3) is 4.16. The number of ether oxygens (including phenoxy) is 1. The summed E-state index contributed by atoms with van der Waals surface area (Å²) in [4.78, 5) is 11.9. The Morgan fingerprint density at radius 2 is 2.41 bits per heavy atom. The largest absolute Gasteiger partial charge is 0.396 e. The summed E-state index contributed by atoms with van der Waals surface area (Å²) in [6, 6.07) is 1.22. The minimum atomic E-state index is -0.372. The van der Waals surface area contributed by atoms with E-state index in [1.165, 1.54) is 0 Å². The molecule has 1 heterocycles. The first-order valence-corrected chi connectivity index (χ1v) is 5.58. The van der Waals surface area contributed by atoms with Gasteiger partial charge in [0.15, 0.2) is 0 Å². The highest BCUT2D eigenvalue weighted by Gasteiger charge is 2.18. The molecule has 0 aliphatic carbocycles. The predicted molar refractivity (Wildman–Crippen MR) is 62.4 cm³/mol. The van der Waals surface area contributed by atoms with Crippen molar-refractivity contribution in [2.24, 2.45) is 0 Å². The molecule has 0 radical (unpaired) electrons. The number of hydrogen-bond acceptors (Lipinski definition) is 4. The Bertz CT molecular complexity index is 321. The number of nitrogens with one attached hydrogen (secondary N) is 1. The van der Waals surface area contributed by atoms with E-state index in [4.69, 9.17) is 9.84 Å². The number of nitrogens with zero attached hydrogens (tertiary/aromatic N) is 2. The van der Waals surface area contributed by atoms with Gasteiger partial charge < -0.3 is 15.2 Å². The summed E-state index contributed by atoms with van der Waals surface area (Å²) in [5.74, 6) is -0.135. The van der Waals surface area contributed by atoms with Gasteiger partial charge in [-0.05, 0) is 19.4 Å². The first-order valence-electron chi connectivity index (χ1n) is 5.58. The molecule has 2 unspecified atom stereocenters. The van der Waals surface area contributed by atoms with Crippen molar-refractivity contribution in [3.05, 3.63) is 18.5 Å². The monoisotopic (exact) mass is 241 g/mol. The van der Waals surface area contributed by atoms with Crippen LogP contribution in [0.15, 0.2) is 18.5 Å². The van der Waals surface area contributed by atoms with Crippen LogP contribution in [0.2, 0.25) is 0 Å². The Hall–Kier alpha value is -1.40. The number of amides is 1. The third-order valence-corrected chi connectivity index (χ3v) is 2.49. The van der Waals surface area contributed by atoms with Gasteiger partial charge in [-0.2, -0.15) is 5.10 Å². The fraction of sp³-hybridized carbons (Fsp3) is 0.636. The Morgan fingerprint density at radius 3 is 2.94 bits per heavy atom. The van der Waals surface area contributed by atoms with E-state index in [2.05, 4.69) is 10.4 Å². The zero-order valence-corrected chi connectivity index (χ0v) is 10.2. The van der Waals surface area contributed by atoms with Gasteiger partial charge in [-0.25, -0.2) is 0 Å². The molecular weight excluding hydrogens is 222 g/mol. The third-order valence-electron chi connectivity index (χ3n) is 2.49. The number of aliphatic hydroxyl groups is 1. The van der Waals surface area contributed by atoms with Crippen molar-refractivity contribution in [2.45, 2.75) is 25.4 Å². The van der Waals surface area contributed by atoms with Gasteiger partial charge in [-0.1, -0.05) is 0 Å². The molecule has 0 saturated heterocycles. The van der Waals surface area contributed by atoms with E-state index >= 15 is 0 Å². The Kier molecular flexibility index (Phi) is 5.65. The zero-order chi connectivity index (χ0) is 12.7. The molecule has 1 aromatic heterocycles. The van der Waals surface area contributed by atoms with E-state index in [-0.39, 0.29) is 24.6 Å². The second kappa shape index (κ2) is 7.03. The molecule has 0 aliphatic heterocycles. The van der Waals surface area contributed by atoms with Crippen LogP contribution in [0.4, 0.5) is 0 Å². The molecule has 0 aromatic carbocycles. The number of aromatic nitrogens is 2. The van der Waals surface area contributed by atoms with Crippen LogP contribution in [0.1, 0.15) is 19.4 Å². The highest BCUT2D eigenvalue weighted by Crippen LogP contribution is 2.04. The highest BCUT2D eigenvalue weighted by atomic mass is 16.5. The number of aliphatic hydroxyl groups excluding tert-OH is 1. The van der Waals surface area contributed by atoms with Crippen molar-refractivity contribution in [3.8, 4) is 0 Å². The maximum Gasteiger partial charge on any atom is 0.244 e. The minimum absolute atomic E-state index is 0.0183. The van der Waals surface area contributed by atoms with Gasteiger partial charge in [0.05, 0.1) is 12.6 Å². The molecule has 1 amide bonds. The fourth-order valence-electron chi connectivity index (χ4n) is 1.51. The predicted octanol–water partition coefficient (Wildman–Crippen LogP) is -0.0423. The van der Waals surface area contributed by atoms with Gasteiger partial charge in [-0.3, -0.25) is 9.48 Å². The van der Waals surface area contributed by atoms with Crippen LogP contribution < -0.4 is 5.32 Å².